The van der Waals surface area contributed by atoms with Crippen molar-refractivity contribution in [2.45, 2.75) is 43.7 Å². The molecule has 3 saturated heterocycles. The van der Waals surface area contributed by atoms with Gasteiger partial charge in [0.25, 0.3) is 0 Å². The van der Waals surface area contributed by atoms with Crippen LogP contribution in [0.5, 0.6) is 5.75 Å². The molecule has 3 aliphatic rings. The lowest BCUT2D eigenvalue weighted by Gasteiger charge is -2.43. The van der Waals surface area contributed by atoms with Crippen LogP contribution in [0.15, 0.2) is 24.3 Å². The normalized spacial score (nSPS) is 25.5. The van der Waals surface area contributed by atoms with E-state index >= 15 is 0 Å². The van der Waals surface area contributed by atoms with E-state index in [1.54, 1.807) is 9.80 Å². The predicted octanol–water partition coefficient (Wildman–Crippen LogP) is 2.26. The number of rotatable bonds is 2. The second kappa shape index (κ2) is 8.33. The van der Waals surface area contributed by atoms with E-state index in [4.69, 9.17) is 9.47 Å². The molecule has 1 aromatic rings. The number of benzene rings is 1. The molecule has 0 aromatic heterocycles. The Bertz CT molecular complexity index is 778. The zero-order valence-corrected chi connectivity index (χ0v) is 16.4. The monoisotopic (exact) mass is 427 g/mol. The topological polar surface area (TPSA) is 71.1 Å². The lowest BCUT2D eigenvalue weighted by atomic mass is 10.0. The number of alkyl halides is 3. The highest BCUT2D eigenvalue weighted by atomic mass is 19.4. The molecule has 30 heavy (non-hydrogen) atoms. The van der Waals surface area contributed by atoms with Crippen molar-refractivity contribution in [2.24, 2.45) is 0 Å². The molecule has 0 aliphatic carbocycles. The SMILES string of the molecule is O=C1CO[C@H]2CCN(C(=O)N3CCC(Oc4ccc(C(F)(F)F)cc4)CC3)C[C@H]2N1. The lowest BCUT2D eigenvalue weighted by Crippen LogP contribution is -2.62. The number of morpholine rings is 1. The Labute approximate surface area is 172 Å². The number of nitrogens with one attached hydrogen (secondary N) is 1. The van der Waals surface area contributed by atoms with Gasteiger partial charge in [-0.25, -0.2) is 4.79 Å². The summed E-state index contributed by atoms with van der Waals surface area (Å²) in [7, 11) is 0. The van der Waals surface area contributed by atoms with Gasteiger partial charge in [0.15, 0.2) is 0 Å². The fourth-order valence-corrected chi connectivity index (χ4v) is 4.15. The second-order valence-electron chi connectivity index (χ2n) is 7.87. The van der Waals surface area contributed by atoms with Crippen LogP contribution in [0.25, 0.3) is 0 Å². The number of likely N-dealkylation sites (tertiary alicyclic amines) is 2. The van der Waals surface area contributed by atoms with Gasteiger partial charge >= 0.3 is 12.2 Å². The van der Waals surface area contributed by atoms with Gasteiger partial charge in [0.2, 0.25) is 5.91 Å². The number of urea groups is 1. The number of amides is 3. The fourth-order valence-electron chi connectivity index (χ4n) is 4.15. The molecule has 1 N–H and O–H groups in total. The van der Waals surface area contributed by atoms with Gasteiger partial charge in [0.1, 0.15) is 18.5 Å². The Morgan fingerprint density at radius 2 is 1.73 bits per heavy atom. The zero-order chi connectivity index (χ0) is 21.3. The molecule has 3 amide bonds. The number of hydrogen-bond donors (Lipinski definition) is 1. The van der Waals surface area contributed by atoms with Crippen LogP contribution in [0.3, 0.4) is 0 Å². The largest absolute Gasteiger partial charge is 0.490 e. The van der Waals surface area contributed by atoms with Gasteiger partial charge in [-0.3, -0.25) is 4.79 Å². The molecule has 0 bridgehead atoms. The molecule has 4 rings (SSSR count). The van der Waals surface area contributed by atoms with E-state index < -0.39 is 11.7 Å². The fraction of sp³-hybridized carbons (Fsp3) is 0.600. The number of piperidine rings is 2. The van der Waals surface area contributed by atoms with Gasteiger partial charge < -0.3 is 24.6 Å². The minimum atomic E-state index is -4.37. The molecule has 0 spiro atoms. The minimum absolute atomic E-state index is 0.0466. The average Bonchev–Trinajstić information content (AvgIpc) is 2.73. The van der Waals surface area contributed by atoms with Gasteiger partial charge in [-0.05, 0) is 30.7 Å². The highest BCUT2D eigenvalue weighted by Crippen LogP contribution is 2.31. The third-order valence-corrected chi connectivity index (χ3v) is 5.79. The van der Waals surface area contributed by atoms with Gasteiger partial charge in [-0.1, -0.05) is 0 Å². The molecule has 1 aromatic carbocycles. The number of carbonyl (C=O) groups excluding carboxylic acids is 2. The zero-order valence-electron chi connectivity index (χ0n) is 16.4. The maximum absolute atomic E-state index is 12.9. The van der Waals surface area contributed by atoms with E-state index in [1.165, 1.54) is 12.1 Å². The number of hydrogen-bond acceptors (Lipinski definition) is 4. The molecule has 0 unspecified atom stereocenters. The second-order valence-corrected chi connectivity index (χ2v) is 7.87. The molecule has 0 radical (unpaired) electrons. The average molecular weight is 427 g/mol. The van der Waals surface area contributed by atoms with Crippen molar-refractivity contribution >= 4 is 11.9 Å². The summed E-state index contributed by atoms with van der Waals surface area (Å²) in [5, 5.41) is 2.89. The molecule has 10 heteroatoms. The van der Waals surface area contributed by atoms with Crippen LogP contribution in [0.4, 0.5) is 18.0 Å². The molecule has 7 nitrogen and oxygen atoms in total. The van der Waals surface area contributed by atoms with E-state index in [9.17, 15) is 22.8 Å². The minimum Gasteiger partial charge on any atom is -0.490 e. The standard InChI is InChI=1S/C20H24F3N3O4/c21-20(22,23)13-1-3-14(4-2-13)30-15-5-8-25(9-6-15)19(28)26-10-7-17-16(11-26)24-18(27)12-29-17/h1-4,15-17H,5-12H2,(H,24,27)/t16-,17+/m1/s1. The molecule has 2 atom stereocenters. The summed E-state index contributed by atoms with van der Waals surface area (Å²) in [4.78, 5) is 27.9. The predicted molar refractivity (Wildman–Crippen MR) is 99.9 cm³/mol. The number of ether oxygens (including phenoxy) is 2. The van der Waals surface area contributed by atoms with Gasteiger partial charge in [0.05, 0.1) is 17.7 Å². The van der Waals surface area contributed by atoms with Crippen LogP contribution in [0, 0.1) is 0 Å². The Morgan fingerprint density at radius 1 is 1.07 bits per heavy atom. The first kappa shape index (κ1) is 20.8. The third kappa shape index (κ3) is 4.63. The van der Waals surface area contributed by atoms with Crippen LogP contribution in [-0.4, -0.2) is 72.8 Å². The Balaban J connectivity index is 1.26. The molecular formula is C20H24F3N3O4. The molecule has 3 heterocycles. The molecular weight excluding hydrogens is 403 g/mol. The summed E-state index contributed by atoms with van der Waals surface area (Å²) in [6.45, 7) is 2.10. The first-order valence-electron chi connectivity index (χ1n) is 10.1. The van der Waals surface area contributed by atoms with E-state index in [0.29, 0.717) is 51.2 Å². The maximum Gasteiger partial charge on any atom is 0.416 e. The molecule has 0 saturated carbocycles. The summed E-state index contributed by atoms with van der Waals surface area (Å²) < 4.78 is 49.3. The Kier molecular flexibility index (Phi) is 5.77. The van der Waals surface area contributed by atoms with Crippen molar-refractivity contribution in [3.8, 4) is 5.75 Å². The summed E-state index contributed by atoms with van der Waals surface area (Å²) in [6.07, 6.45) is -2.67. The van der Waals surface area contributed by atoms with Crippen LogP contribution in [0.2, 0.25) is 0 Å². The Hall–Kier alpha value is -2.49. The summed E-state index contributed by atoms with van der Waals surface area (Å²) in [5.74, 6) is 0.231. The first-order chi connectivity index (χ1) is 14.3. The molecule has 164 valence electrons. The number of nitrogens with zero attached hydrogens (tertiary/aromatic N) is 2. The number of fused-ring (bicyclic) bond motifs is 1. The molecule has 3 fully saturated rings. The number of halogens is 3. The van der Waals surface area contributed by atoms with E-state index in [0.717, 1.165) is 12.1 Å². The van der Waals surface area contributed by atoms with Crippen molar-refractivity contribution in [3.05, 3.63) is 29.8 Å². The van der Waals surface area contributed by atoms with Gasteiger partial charge in [-0.2, -0.15) is 13.2 Å². The highest BCUT2D eigenvalue weighted by Gasteiger charge is 2.38. The first-order valence-corrected chi connectivity index (χ1v) is 10.1. The van der Waals surface area contributed by atoms with Crippen LogP contribution >= 0.6 is 0 Å². The van der Waals surface area contributed by atoms with Gasteiger partial charge in [0, 0.05) is 39.0 Å². The molecule has 3 aliphatic heterocycles. The van der Waals surface area contributed by atoms with Crippen molar-refractivity contribution in [3.63, 3.8) is 0 Å². The smallest absolute Gasteiger partial charge is 0.416 e. The van der Waals surface area contributed by atoms with Gasteiger partial charge in [-0.15, -0.1) is 0 Å². The van der Waals surface area contributed by atoms with Crippen LogP contribution in [0.1, 0.15) is 24.8 Å². The van der Waals surface area contributed by atoms with Crippen LogP contribution in [-0.2, 0) is 15.7 Å². The third-order valence-electron chi connectivity index (χ3n) is 5.79. The van der Waals surface area contributed by atoms with E-state index in [1.807, 2.05) is 0 Å². The van der Waals surface area contributed by atoms with Crippen LogP contribution < -0.4 is 10.1 Å². The summed E-state index contributed by atoms with van der Waals surface area (Å²) in [5.41, 5.74) is -0.710. The Morgan fingerprint density at radius 3 is 2.40 bits per heavy atom. The number of carbonyl (C=O) groups is 2. The summed E-state index contributed by atoms with van der Waals surface area (Å²) >= 11 is 0. The van der Waals surface area contributed by atoms with E-state index in [2.05, 4.69) is 5.32 Å². The van der Waals surface area contributed by atoms with Crippen molar-refractivity contribution in [1.82, 2.24) is 15.1 Å². The maximum atomic E-state index is 12.9. The van der Waals surface area contributed by atoms with E-state index in [-0.39, 0.29) is 36.8 Å². The lowest BCUT2D eigenvalue weighted by molar-refractivity contribution is -0.140. The highest BCUT2D eigenvalue weighted by molar-refractivity contribution is 5.79. The van der Waals surface area contributed by atoms with Crippen molar-refractivity contribution in [2.75, 3.05) is 32.8 Å². The van der Waals surface area contributed by atoms with Crippen molar-refractivity contribution in [1.29, 1.82) is 0 Å². The quantitative estimate of drug-likeness (QED) is 0.786. The summed E-state index contributed by atoms with van der Waals surface area (Å²) in [6, 6.07) is 4.41. The van der Waals surface area contributed by atoms with Crippen molar-refractivity contribution < 1.29 is 32.2 Å².